The number of aryl methyl sites for hydroxylation is 2. The fourth-order valence-corrected chi connectivity index (χ4v) is 4.64. The van der Waals surface area contributed by atoms with Gasteiger partial charge in [0.15, 0.2) is 11.5 Å². The van der Waals surface area contributed by atoms with E-state index in [2.05, 4.69) is 25.6 Å². The number of benzene rings is 1. The molecular formula is C25H28FN7O2. The summed E-state index contributed by atoms with van der Waals surface area (Å²) < 4.78 is 17.7. The Hall–Kier alpha value is -3.79. The molecule has 1 fully saturated rings. The van der Waals surface area contributed by atoms with Gasteiger partial charge in [-0.2, -0.15) is 5.10 Å². The third kappa shape index (κ3) is 4.49. The van der Waals surface area contributed by atoms with Crippen molar-refractivity contribution in [3.8, 4) is 0 Å². The Morgan fingerprint density at radius 2 is 2.06 bits per heavy atom. The van der Waals surface area contributed by atoms with Crippen LogP contribution in [0.4, 0.5) is 15.8 Å². The maximum absolute atomic E-state index is 14.5. The molecule has 0 saturated carbocycles. The van der Waals surface area contributed by atoms with E-state index in [9.17, 15) is 14.0 Å². The number of rotatable bonds is 7. The highest BCUT2D eigenvalue weighted by Gasteiger charge is 2.26. The van der Waals surface area contributed by atoms with Gasteiger partial charge in [0.05, 0.1) is 23.5 Å². The van der Waals surface area contributed by atoms with Gasteiger partial charge in [-0.15, -0.1) is 0 Å². The Kier molecular flexibility index (Phi) is 5.98. The van der Waals surface area contributed by atoms with Crippen molar-refractivity contribution in [2.75, 3.05) is 29.9 Å². The van der Waals surface area contributed by atoms with Gasteiger partial charge in [0.1, 0.15) is 11.3 Å². The number of pyridine rings is 1. The van der Waals surface area contributed by atoms with Crippen LogP contribution in [0.2, 0.25) is 0 Å². The molecule has 0 bridgehead atoms. The first kappa shape index (κ1) is 23.0. The summed E-state index contributed by atoms with van der Waals surface area (Å²) in [5.74, 6) is -0.669. The Morgan fingerprint density at radius 3 is 2.86 bits per heavy atom. The summed E-state index contributed by atoms with van der Waals surface area (Å²) >= 11 is 0. The SMILES string of the molecule is CCC(=O)CNC1CCN(c2ccc(C(=O)Nc3cc(F)c4nc(C)cn4c3)c3nn(C)cc23)C1. The number of fused-ring (bicyclic) bond motifs is 2. The van der Waals surface area contributed by atoms with E-state index in [0.717, 1.165) is 30.6 Å². The van der Waals surface area contributed by atoms with Gasteiger partial charge in [-0.3, -0.25) is 14.3 Å². The van der Waals surface area contributed by atoms with Crippen LogP contribution in [0.25, 0.3) is 16.6 Å². The van der Waals surface area contributed by atoms with Gasteiger partial charge in [0.25, 0.3) is 5.91 Å². The Labute approximate surface area is 201 Å². The van der Waals surface area contributed by atoms with Crippen molar-refractivity contribution < 1.29 is 14.0 Å². The minimum atomic E-state index is -0.507. The number of imidazole rings is 1. The summed E-state index contributed by atoms with van der Waals surface area (Å²) in [5.41, 5.74) is 3.23. The highest BCUT2D eigenvalue weighted by molar-refractivity contribution is 6.13. The van der Waals surface area contributed by atoms with Gasteiger partial charge in [-0.05, 0) is 25.5 Å². The average molecular weight is 478 g/mol. The number of anilines is 2. The second kappa shape index (κ2) is 9.10. The molecule has 4 aromatic rings. The summed E-state index contributed by atoms with van der Waals surface area (Å²) in [5, 5.41) is 11.6. The predicted octanol–water partition coefficient (Wildman–Crippen LogP) is 3.07. The van der Waals surface area contributed by atoms with Crippen LogP contribution in [0.3, 0.4) is 0 Å². The first-order chi connectivity index (χ1) is 16.8. The first-order valence-corrected chi connectivity index (χ1v) is 11.7. The molecule has 9 nitrogen and oxygen atoms in total. The molecule has 1 unspecified atom stereocenters. The Morgan fingerprint density at radius 1 is 1.23 bits per heavy atom. The number of hydrogen-bond acceptors (Lipinski definition) is 6. The number of carbonyl (C=O) groups is 2. The van der Waals surface area contributed by atoms with Crippen molar-refractivity contribution in [3.63, 3.8) is 0 Å². The minimum Gasteiger partial charge on any atom is -0.369 e. The van der Waals surface area contributed by atoms with E-state index in [1.165, 1.54) is 6.07 Å². The molecule has 182 valence electrons. The van der Waals surface area contributed by atoms with Crippen molar-refractivity contribution in [3.05, 3.63) is 53.9 Å². The van der Waals surface area contributed by atoms with E-state index in [4.69, 9.17) is 0 Å². The largest absolute Gasteiger partial charge is 0.369 e. The van der Waals surface area contributed by atoms with Crippen LogP contribution < -0.4 is 15.5 Å². The molecule has 35 heavy (non-hydrogen) atoms. The summed E-state index contributed by atoms with van der Waals surface area (Å²) in [6.07, 6.45) is 6.72. The van der Waals surface area contributed by atoms with E-state index in [-0.39, 0.29) is 23.4 Å². The summed E-state index contributed by atoms with van der Waals surface area (Å²) in [6, 6.07) is 5.19. The molecule has 1 aromatic carbocycles. The molecule has 1 aliphatic rings. The zero-order valence-electron chi connectivity index (χ0n) is 20.0. The van der Waals surface area contributed by atoms with Gasteiger partial charge in [0.2, 0.25) is 0 Å². The quantitative estimate of drug-likeness (QED) is 0.425. The van der Waals surface area contributed by atoms with E-state index >= 15 is 0 Å². The predicted molar refractivity (Wildman–Crippen MR) is 132 cm³/mol. The Balaban J connectivity index is 1.39. The van der Waals surface area contributed by atoms with Crippen molar-refractivity contribution in [2.45, 2.75) is 32.7 Å². The normalized spacial score (nSPS) is 15.9. The first-order valence-electron chi connectivity index (χ1n) is 11.7. The third-order valence-electron chi connectivity index (χ3n) is 6.41. The summed E-state index contributed by atoms with van der Waals surface area (Å²) in [7, 11) is 1.82. The number of amides is 1. The fraction of sp³-hybridized carbons (Fsp3) is 0.360. The van der Waals surface area contributed by atoms with Crippen LogP contribution in [0.1, 0.15) is 35.8 Å². The molecule has 1 amide bonds. The second-order valence-corrected chi connectivity index (χ2v) is 9.05. The second-order valence-electron chi connectivity index (χ2n) is 9.05. The number of aromatic nitrogens is 4. The molecule has 1 aliphatic heterocycles. The maximum Gasteiger partial charge on any atom is 0.257 e. The van der Waals surface area contributed by atoms with Gasteiger partial charge < -0.3 is 19.9 Å². The smallest absolute Gasteiger partial charge is 0.257 e. The standard InChI is InChI=1S/C25H28FN7O2/c1-4-18(34)10-27-16-7-8-32(12-16)22-6-5-19(23-20(22)14-31(3)30-23)25(35)29-17-9-21(26)24-28-15(2)11-33(24)13-17/h5-6,9,11,13-14,16,27H,4,7-8,10,12H2,1-3H3,(H,29,35). The monoisotopic (exact) mass is 477 g/mol. The number of nitrogens with one attached hydrogen (secondary N) is 2. The number of nitrogens with zero attached hydrogens (tertiary/aromatic N) is 5. The van der Waals surface area contributed by atoms with Crippen LogP contribution in [-0.2, 0) is 11.8 Å². The zero-order valence-corrected chi connectivity index (χ0v) is 20.0. The van der Waals surface area contributed by atoms with Crippen LogP contribution in [0.5, 0.6) is 0 Å². The van der Waals surface area contributed by atoms with Crippen molar-refractivity contribution in [1.29, 1.82) is 0 Å². The number of hydrogen-bond donors (Lipinski definition) is 2. The van der Waals surface area contributed by atoms with Crippen LogP contribution in [0.15, 0.2) is 36.8 Å². The van der Waals surface area contributed by atoms with Crippen LogP contribution in [0, 0.1) is 12.7 Å². The van der Waals surface area contributed by atoms with Crippen molar-refractivity contribution in [2.24, 2.45) is 7.05 Å². The third-order valence-corrected chi connectivity index (χ3v) is 6.41. The highest BCUT2D eigenvalue weighted by Crippen LogP contribution is 2.31. The molecule has 1 saturated heterocycles. The summed E-state index contributed by atoms with van der Waals surface area (Å²) in [6.45, 7) is 5.66. The van der Waals surface area contributed by atoms with E-state index in [1.807, 2.05) is 26.2 Å². The zero-order chi connectivity index (χ0) is 24.7. The van der Waals surface area contributed by atoms with E-state index in [1.54, 1.807) is 34.5 Å². The van der Waals surface area contributed by atoms with Gasteiger partial charge in [-0.1, -0.05) is 6.92 Å². The molecular weight excluding hydrogens is 449 g/mol. The number of halogens is 1. The highest BCUT2D eigenvalue weighted by atomic mass is 19.1. The molecule has 0 radical (unpaired) electrons. The molecule has 10 heteroatoms. The Bertz CT molecular complexity index is 1440. The van der Waals surface area contributed by atoms with Gasteiger partial charge in [-0.25, -0.2) is 9.37 Å². The van der Waals surface area contributed by atoms with Crippen molar-refractivity contribution in [1.82, 2.24) is 24.5 Å². The molecule has 0 spiro atoms. The van der Waals surface area contributed by atoms with E-state index in [0.29, 0.717) is 35.4 Å². The summed E-state index contributed by atoms with van der Waals surface area (Å²) in [4.78, 5) is 31.3. The van der Waals surface area contributed by atoms with E-state index < -0.39 is 5.82 Å². The lowest BCUT2D eigenvalue weighted by Crippen LogP contribution is -2.35. The number of Topliss-reactive ketones (excluding diaryl/α,β-unsaturated/α-hetero) is 1. The fourth-order valence-electron chi connectivity index (χ4n) is 4.64. The lowest BCUT2D eigenvalue weighted by molar-refractivity contribution is -0.118. The lowest BCUT2D eigenvalue weighted by Gasteiger charge is -2.20. The lowest BCUT2D eigenvalue weighted by atomic mass is 10.1. The number of ketones is 1. The molecule has 3 aromatic heterocycles. The topological polar surface area (TPSA) is 96.6 Å². The molecule has 4 heterocycles. The maximum atomic E-state index is 14.5. The van der Waals surface area contributed by atoms with Crippen molar-refractivity contribution >= 4 is 39.6 Å². The van der Waals surface area contributed by atoms with Crippen LogP contribution >= 0.6 is 0 Å². The average Bonchev–Trinajstić information content (AvgIpc) is 3.54. The molecule has 0 aliphatic carbocycles. The van der Waals surface area contributed by atoms with Crippen LogP contribution in [-0.4, -0.2) is 56.5 Å². The number of carbonyl (C=O) groups excluding carboxylic acids is 2. The van der Waals surface area contributed by atoms with Gasteiger partial charge >= 0.3 is 0 Å². The molecule has 5 rings (SSSR count). The minimum absolute atomic E-state index is 0.204. The molecule has 2 N–H and O–H groups in total. The molecule has 1 atom stereocenters. The van der Waals surface area contributed by atoms with Gasteiger partial charge in [0, 0.05) is 68.3 Å².